The summed E-state index contributed by atoms with van der Waals surface area (Å²) in [6, 6.07) is 14.9. The van der Waals surface area contributed by atoms with E-state index in [9.17, 15) is 9.90 Å². The Hall–Kier alpha value is -0.878. The Morgan fingerprint density at radius 3 is 1.68 bits per heavy atom. The molecule has 0 saturated heterocycles. The van der Waals surface area contributed by atoms with Crippen LogP contribution in [0.2, 0.25) is 0 Å². The average Bonchev–Trinajstić information content (AvgIpc) is 2.91. The van der Waals surface area contributed by atoms with Crippen LogP contribution in [0.4, 0.5) is 0 Å². The molecule has 7 nitrogen and oxygen atoms in total. The van der Waals surface area contributed by atoms with Gasteiger partial charge in [-0.2, -0.15) is 0 Å². The van der Waals surface area contributed by atoms with Gasteiger partial charge >= 0.3 is 68.9 Å². The van der Waals surface area contributed by atoms with E-state index in [4.69, 9.17) is 23.7 Å². The molecule has 0 amide bonds. The molecule has 1 aliphatic heterocycles. The summed E-state index contributed by atoms with van der Waals surface area (Å²) >= 11 is 0. The molecule has 0 saturated carbocycles. The standard InChI is InChI=1S/C30H42O7.Cs/c1-2-3-4-5-6-7-8-13-19-30(37-22-29(31)32)23-35-27-17-11-9-15-25(27)33-20-14-21-34-26-16-10-12-18-28(26)36-24-30;/h9-12,15-18H,2-8,13-14,19-24H2,1H3,(H,31,32);/q;+1/p-1. The predicted molar refractivity (Wildman–Crippen MR) is 140 cm³/mol. The first-order valence-electron chi connectivity index (χ1n) is 13.6. The molecule has 3 rings (SSSR count). The smallest absolute Gasteiger partial charge is 0.548 e. The monoisotopic (exact) mass is 646 g/mol. The number of rotatable bonds is 12. The van der Waals surface area contributed by atoms with Crippen LogP contribution in [0, 0.1) is 0 Å². The molecule has 0 atom stereocenters. The van der Waals surface area contributed by atoms with Crippen LogP contribution >= 0.6 is 0 Å². The molecular formula is C30H41CsO7. The first-order valence-corrected chi connectivity index (χ1v) is 13.6. The predicted octanol–water partition coefficient (Wildman–Crippen LogP) is 2.35. The van der Waals surface area contributed by atoms with Gasteiger partial charge in [0, 0.05) is 6.42 Å². The third kappa shape index (κ3) is 12.1. The van der Waals surface area contributed by atoms with Crippen molar-refractivity contribution in [3.8, 4) is 23.0 Å². The maximum atomic E-state index is 11.4. The van der Waals surface area contributed by atoms with E-state index in [1.165, 1.54) is 32.1 Å². The fraction of sp³-hybridized carbons (Fsp3) is 0.567. The molecule has 0 fully saturated rings. The number of aliphatic carboxylic acids is 1. The van der Waals surface area contributed by atoms with Gasteiger partial charge in [-0.05, 0) is 30.7 Å². The molecule has 0 bridgehead atoms. The maximum Gasteiger partial charge on any atom is 1.00 e. The maximum absolute atomic E-state index is 11.4. The molecule has 2 aromatic carbocycles. The van der Waals surface area contributed by atoms with Crippen LogP contribution in [0.5, 0.6) is 23.0 Å². The normalized spacial score (nSPS) is 15.1. The minimum Gasteiger partial charge on any atom is -0.548 e. The van der Waals surface area contributed by atoms with Gasteiger partial charge in [-0.15, -0.1) is 0 Å². The molecule has 204 valence electrons. The Morgan fingerprint density at radius 1 is 0.763 bits per heavy atom. The van der Waals surface area contributed by atoms with E-state index in [0.717, 1.165) is 19.3 Å². The molecule has 8 heteroatoms. The molecule has 0 spiro atoms. The number of para-hydroxylation sites is 4. The number of unbranched alkanes of at least 4 members (excludes halogenated alkanes) is 7. The van der Waals surface area contributed by atoms with Gasteiger partial charge in [0.2, 0.25) is 0 Å². The van der Waals surface area contributed by atoms with Crippen LogP contribution in [0.3, 0.4) is 0 Å². The number of hydrogen-bond donors (Lipinski definition) is 0. The fourth-order valence-electron chi connectivity index (χ4n) is 4.35. The molecule has 0 aromatic heterocycles. The van der Waals surface area contributed by atoms with Crippen LogP contribution < -0.4 is 92.9 Å². The first kappa shape index (κ1) is 33.3. The Labute approximate surface area is 286 Å². The number of ether oxygens (including phenoxy) is 5. The molecule has 2 aromatic rings. The number of carbonyl (C=O) groups excluding carboxylic acids is 1. The summed E-state index contributed by atoms with van der Waals surface area (Å²) in [5, 5.41) is 11.4. The van der Waals surface area contributed by atoms with Crippen LogP contribution in [-0.2, 0) is 9.53 Å². The van der Waals surface area contributed by atoms with E-state index in [-0.39, 0.29) is 82.1 Å². The SMILES string of the molecule is CCCCCCCCCCC1(OCC(=O)[O-])COc2ccccc2OCCCOc2ccccc2OC1.[Cs+]. The Balaban J connectivity index is 0.00000507. The van der Waals surface area contributed by atoms with Crippen molar-refractivity contribution in [2.75, 3.05) is 33.0 Å². The average molecular weight is 647 g/mol. The topological polar surface area (TPSA) is 86.3 Å². The molecular weight excluding hydrogens is 605 g/mol. The zero-order valence-electron chi connectivity index (χ0n) is 23.1. The van der Waals surface area contributed by atoms with Crippen molar-refractivity contribution >= 4 is 5.97 Å². The van der Waals surface area contributed by atoms with Crippen molar-refractivity contribution in [2.45, 2.75) is 76.7 Å². The number of benzene rings is 2. The van der Waals surface area contributed by atoms with E-state index in [1.807, 2.05) is 48.5 Å². The van der Waals surface area contributed by atoms with Crippen molar-refractivity contribution in [3.63, 3.8) is 0 Å². The molecule has 0 radical (unpaired) electrons. The zero-order chi connectivity index (χ0) is 26.2. The van der Waals surface area contributed by atoms with E-state index >= 15 is 0 Å². The Morgan fingerprint density at radius 2 is 1.21 bits per heavy atom. The summed E-state index contributed by atoms with van der Waals surface area (Å²) in [5.74, 6) is 1.14. The van der Waals surface area contributed by atoms with Gasteiger partial charge in [0.15, 0.2) is 23.0 Å². The van der Waals surface area contributed by atoms with E-state index in [2.05, 4.69) is 6.92 Å². The molecule has 0 aliphatic carbocycles. The summed E-state index contributed by atoms with van der Waals surface area (Å²) in [6.07, 6.45) is 10.6. The molecule has 1 aliphatic rings. The quantitative estimate of drug-likeness (QED) is 0.328. The number of hydrogen-bond acceptors (Lipinski definition) is 7. The van der Waals surface area contributed by atoms with Crippen molar-refractivity contribution in [2.24, 2.45) is 0 Å². The summed E-state index contributed by atoms with van der Waals surface area (Å²) < 4.78 is 30.3. The third-order valence-electron chi connectivity index (χ3n) is 6.47. The van der Waals surface area contributed by atoms with Crippen molar-refractivity contribution in [1.82, 2.24) is 0 Å². The number of carboxylic acid groups (broad SMARTS) is 1. The minimum atomic E-state index is -1.28. The molecule has 1 heterocycles. The second-order valence-electron chi connectivity index (χ2n) is 9.59. The Bertz CT molecular complexity index is 883. The summed E-state index contributed by atoms with van der Waals surface area (Å²) in [5.41, 5.74) is -0.993. The third-order valence-corrected chi connectivity index (χ3v) is 6.47. The van der Waals surface area contributed by atoms with Crippen molar-refractivity contribution < 1.29 is 102 Å². The van der Waals surface area contributed by atoms with Crippen LogP contribution in [0.1, 0.15) is 71.1 Å². The summed E-state index contributed by atoms with van der Waals surface area (Å²) in [6.45, 7) is 2.83. The van der Waals surface area contributed by atoms with Crippen LogP contribution in [0.15, 0.2) is 48.5 Å². The molecule has 0 N–H and O–H groups in total. The van der Waals surface area contributed by atoms with E-state index in [1.54, 1.807) is 0 Å². The van der Waals surface area contributed by atoms with Gasteiger partial charge in [-0.3, -0.25) is 0 Å². The van der Waals surface area contributed by atoms with Gasteiger partial charge in [-0.25, -0.2) is 0 Å². The Kier molecular flexibility index (Phi) is 16.9. The van der Waals surface area contributed by atoms with Crippen molar-refractivity contribution in [1.29, 1.82) is 0 Å². The minimum absolute atomic E-state index is 0. The number of carboxylic acids is 1. The zero-order valence-corrected chi connectivity index (χ0v) is 29.4. The molecule has 38 heavy (non-hydrogen) atoms. The van der Waals surface area contributed by atoms with Crippen LogP contribution in [-0.4, -0.2) is 44.6 Å². The van der Waals surface area contributed by atoms with Gasteiger partial charge < -0.3 is 33.6 Å². The second-order valence-corrected chi connectivity index (χ2v) is 9.59. The molecule has 0 unspecified atom stereocenters. The van der Waals surface area contributed by atoms with E-state index < -0.39 is 18.2 Å². The largest absolute Gasteiger partial charge is 1.00 e. The number of carbonyl (C=O) groups is 1. The summed E-state index contributed by atoms with van der Waals surface area (Å²) in [4.78, 5) is 11.4. The summed E-state index contributed by atoms with van der Waals surface area (Å²) in [7, 11) is 0. The van der Waals surface area contributed by atoms with Crippen molar-refractivity contribution in [3.05, 3.63) is 48.5 Å². The second kappa shape index (κ2) is 19.2. The van der Waals surface area contributed by atoms with Gasteiger partial charge in [0.1, 0.15) is 18.8 Å². The van der Waals surface area contributed by atoms with Crippen LogP contribution in [0.25, 0.3) is 0 Å². The van der Waals surface area contributed by atoms with Gasteiger partial charge in [0.25, 0.3) is 0 Å². The van der Waals surface area contributed by atoms with Gasteiger partial charge in [-0.1, -0.05) is 82.6 Å². The fourth-order valence-corrected chi connectivity index (χ4v) is 4.35. The number of fused-ring (bicyclic) bond motifs is 2. The van der Waals surface area contributed by atoms with E-state index in [0.29, 0.717) is 49.1 Å². The van der Waals surface area contributed by atoms with Gasteiger partial charge in [0.05, 0.1) is 25.8 Å². The first-order chi connectivity index (χ1) is 18.1.